The Morgan fingerprint density at radius 2 is 0.722 bits per heavy atom. The molecule has 0 unspecified atom stereocenters. The highest BCUT2D eigenvalue weighted by atomic mass is 32.1. The summed E-state index contributed by atoms with van der Waals surface area (Å²) in [5.41, 5.74) is 0. The molecule has 8 heterocycles. The van der Waals surface area contributed by atoms with E-state index in [-0.39, 0.29) is 11.6 Å². The molecule has 4 saturated heterocycles. The summed E-state index contributed by atoms with van der Waals surface area (Å²) in [7, 11) is 0. The Bertz CT molecular complexity index is 1120. The van der Waals surface area contributed by atoms with Crippen molar-refractivity contribution in [2.75, 3.05) is 0 Å². The van der Waals surface area contributed by atoms with Gasteiger partial charge in [-0.15, -0.1) is 45.3 Å². The zero-order valence-electron chi connectivity index (χ0n) is 19.3. The highest BCUT2D eigenvalue weighted by Crippen LogP contribution is 2.45. The molecule has 4 aromatic heterocycles. The van der Waals surface area contributed by atoms with Gasteiger partial charge in [0.2, 0.25) is 0 Å². The number of nitrogens with zero attached hydrogens (tertiary/aromatic N) is 4. The Balaban J connectivity index is 1.33. The first kappa shape index (κ1) is 23.1. The monoisotopic (exact) mass is 552 g/mol. The van der Waals surface area contributed by atoms with Crippen LogP contribution in [0.15, 0.2) is 70.1 Å². The molecule has 36 heavy (non-hydrogen) atoms. The molecule has 0 aliphatic carbocycles. The van der Waals surface area contributed by atoms with Gasteiger partial charge in [0, 0.05) is 45.7 Å². The molecule has 184 valence electrons. The van der Waals surface area contributed by atoms with Gasteiger partial charge in [0.1, 0.15) is 24.7 Å². The van der Waals surface area contributed by atoms with Gasteiger partial charge in [-0.05, 0) is 45.8 Å². The molecule has 0 atom stereocenters. The Hall–Kier alpha value is -2.02. The van der Waals surface area contributed by atoms with E-state index in [0.717, 1.165) is 0 Å². The average Bonchev–Trinajstić information content (AvgIpc) is 3.67. The van der Waals surface area contributed by atoms with Crippen molar-refractivity contribution < 1.29 is 9.59 Å². The van der Waals surface area contributed by atoms with Crippen molar-refractivity contribution in [3.63, 3.8) is 0 Å². The minimum atomic E-state index is -0.411. The zero-order chi connectivity index (χ0) is 24.2. The zero-order valence-corrected chi connectivity index (χ0v) is 22.6. The van der Waals surface area contributed by atoms with Crippen molar-refractivity contribution in [2.45, 2.75) is 50.8 Å². The highest BCUT2D eigenvalue weighted by molar-refractivity contribution is 7.10. The van der Waals surface area contributed by atoms with Crippen LogP contribution in [0.3, 0.4) is 0 Å². The lowest BCUT2D eigenvalue weighted by molar-refractivity contribution is -0.252. The van der Waals surface area contributed by atoms with E-state index in [4.69, 9.17) is 0 Å². The molecule has 4 fully saturated rings. The number of ketones is 2. The van der Waals surface area contributed by atoms with Gasteiger partial charge in [0.05, 0.1) is 0 Å². The van der Waals surface area contributed by atoms with E-state index in [1.807, 2.05) is 24.3 Å². The lowest BCUT2D eigenvalue weighted by Crippen LogP contribution is -2.88. The molecule has 0 saturated carbocycles. The van der Waals surface area contributed by atoms with Gasteiger partial charge >= 0.3 is 0 Å². The molecular formula is C26H24N4O2S4. The quantitative estimate of drug-likeness (QED) is 0.315. The van der Waals surface area contributed by atoms with Gasteiger partial charge in [0.15, 0.2) is 11.6 Å². The number of carbonyl (C=O) groups is 2. The van der Waals surface area contributed by atoms with Crippen molar-refractivity contribution in [3.05, 3.63) is 89.6 Å². The van der Waals surface area contributed by atoms with Crippen LogP contribution in [-0.2, 0) is 35.8 Å². The predicted molar refractivity (Wildman–Crippen MR) is 145 cm³/mol. The molecular weight excluding hydrogens is 529 g/mol. The second-order valence-electron chi connectivity index (χ2n) is 9.31. The predicted octanol–water partition coefficient (Wildman–Crippen LogP) is 4.72. The fourth-order valence-electron chi connectivity index (χ4n) is 5.89. The van der Waals surface area contributed by atoms with Gasteiger partial charge < -0.3 is 0 Å². The third-order valence-corrected chi connectivity index (χ3v) is 10.6. The molecule has 4 aliphatic rings. The smallest absolute Gasteiger partial charge is 0.196 e. The molecule has 8 rings (SSSR count). The Labute approximate surface area is 225 Å². The van der Waals surface area contributed by atoms with E-state index in [1.165, 1.54) is 19.5 Å². The second kappa shape index (κ2) is 9.38. The molecule has 0 N–H and O–H groups in total. The molecule has 6 nitrogen and oxygen atoms in total. The first-order valence-electron chi connectivity index (χ1n) is 11.9. The number of hydrogen-bond acceptors (Lipinski definition) is 10. The van der Waals surface area contributed by atoms with Crippen LogP contribution in [0, 0.1) is 0 Å². The van der Waals surface area contributed by atoms with Crippen LogP contribution in [0.5, 0.6) is 0 Å². The Kier molecular flexibility index (Phi) is 6.02. The average molecular weight is 553 g/mol. The third-order valence-electron chi connectivity index (χ3n) is 7.21. The summed E-state index contributed by atoms with van der Waals surface area (Å²) in [4.78, 5) is 42.1. The summed E-state index contributed by atoms with van der Waals surface area (Å²) < 4.78 is 0. The van der Waals surface area contributed by atoms with Crippen molar-refractivity contribution in [3.8, 4) is 0 Å². The number of rotatable bonds is 8. The van der Waals surface area contributed by atoms with E-state index >= 15 is 0 Å². The van der Waals surface area contributed by atoms with Gasteiger partial charge in [-0.1, -0.05) is 24.3 Å². The van der Waals surface area contributed by atoms with E-state index in [2.05, 4.69) is 65.4 Å². The first-order chi connectivity index (χ1) is 17.7. The molecule has 0 amide bonds. The summed E-state index contributed by atoms with van der Waals surface area (Å²) >= 11 is 6.72. The van der Waals surface area contributed by atoms with Gasteiger partial charge in [-0.25, -0.2) is 0 Å². The number of hydrogen-bond donors (Lipinski definition) is 0. The highest BCUT2D eigenvalue weighted by Gasteiger charge is 2.66. The first-order valence-corrected chi connectivity index (χ1v) is 15.4. The molecule has 4 aromatic rings. The Morgan fingerprint density at radius 3 is 0.917 bits per heavy atom. The molecule has 10 heteroatoms. The number of carbonyl (C=O) groups excluding carboxylic acids is 2. The fourth-order valence-corrected chi connectivity index (χ4v) is 8.74. The summed E-state index contributed by atoms with van der Waals surface area (Å²) in [6.07, 6.45) is -1.64. The van der Waals surface area contributed by atoms with Crippen LogP contribution in [-0.4, -0.2) is 55.8 Å². The van der Waals surface area contributed by atoms with E-state index in [1.54, 1.807) is 45.3 Å². The van der Waals surface area contributed by atoms with Gasteiger partial charge in [-0.2, -0.15) is 0 Å². The Morgan fingerprint density at radius 1 is 0.472 bits per heavy atom. The van der Waals surface area contributed by atoms with Crippen LogP contribution in [0.2, 0.25) is 0 Å². The summed E-state index contributed by atoms with van der Waals surface area (Å²) in [5.74, 6) is 0.354. The molecule has 0 aromatic carbocycles. The van der Waals surface area contributed by atoms with Crippen molar-refractivity contribution in [1.29, 1.82) is 0 Å². The SMILES string of the molecule is O=C1C2N(Cc3cccs3)C3C(=O)C(N2Cc2cccs2)N(Cc2cccs2)C1N3Cc1cccs1. The lowest BCUT2D eigenvalue weighted by Gasteiger charge is -2.66. The van der Waals surface area contributed by atoms with Crippen molar-refractivity contribution in [2.24, 2.45) is 0 Å². The molecule has 0 radical (unpaired) electrons. The van der Waals surface area contributed by atoms with E-state index in [0.29, 0.717) is 26.2 Å². The van der Waals surface area contributed by atoms with Crippen LogP contribution >= 0.6 is 45.3 Å². The third kappa shape index (κ3) is 3.79. The van der Waals surface area contributed by atoms with Gasteiger partial charge in [0.25, 0.3) is 0 Å². The normalized spacial score (nSPS) is 27.0. The standard InChI is InChI=1S/C26H24N4O2S4/c31-21-23-27(13-17-5-1-9-33-17)24-22(32)25(28(23)14-18-6-2-10-34-18)30(16-20-8-4-12-36-20)26(21)29(24)15-19-7-3-11-35-19/h1-12,23-26H,13-16H2. The maximum Gasteiger partial charge on any atom is 0.196 e. The van der Waals surface area contributed by atoms with Crippen molar-refractivity contribution in [1.82, 2.24) is 19.6 Å². The topological polar surface area (TPSA) is 47.1 Å². The number of Topliss-reactive ketones (excluding diaryl/α,β-unsaturated/α-hetero) is 2. The van der Waals surface area contributed by atoms with Gasteiger partial charge in [-0.3, -0.25) is 29.2 Å². The maximum atomic E-state index is 14.4. The molecule has 0 spiro atoms. The van der Waals surface area contributed by atoms with E-state index < -0.39 is 24.7 Å². The fraction of sp³-hybridized carbons (Fsp3) is 0.308. The molecule has 4 bridgehead atoms. The van der Waals surface area contributed by atoms with Crippen LogP contribution in [0.25, 0.3) is 0 Å². The minimum absolute atomic E-state index is 0.177. The number of thiophene rings is 4. The minimum Gasteiger partial charge on any atom is -0.293 e. The van der Waals surface area contributed by atoms with Crippen LogP contribution in [0.1, 0.15) is 19.5 Å². The molecule has 4 aliphatic heterocycles. The van der Waals surface area contributed by atoms with Crippen LogP contribution < -0.4 is 0 Å². The summed E-state index contributed by atoms with van der Waals surface area (Å²) in [5, 5.41) is 8.25. The van der Waals surface area contributed by atoms with E-state index in [9.17, 15) is 9.59 Å². The van der Waals surface area contributed by atoms with Crippen molar-refractivity contribution >= 4 is 56.9 Å². The maximum absolute atomic E-state index is 14.4. The largest absolute Gasteiger partial charge is 0.293 e. The lowest BCUT2D eigenvalue weighted by atomic mass is 9.88. The summed E-state index contributed by atoms with van der Waals surface area (Å²) in [6, 6.07) is 16.5. The second-order valence-corrected chi connectivity index (χ2v) is 13.4. The summed E-state index contributed by atoms with van der Waals surface area (Å²) in [6.45, 7) is 2.38. The van der Waals surface area contributed by atoms with Crippen LogP contribution in [0.4, 0.5) is 0 Å².